The maximum atomic E-state index is 12.8. The van der Waals surface area contributed by atoms with Crippen molar-refractivity contribution in [1.82, 2.24) is 0 Å². The van der Waals surface area contributed by atoms with Crippen molar-refractivity contribution in [3.8, 4) is 5.75 Å². The molecular formula is C28H32F6N2O7. The summed E-state index contributed by atoms with van der Waals surface area (Å²) in [5.41, 5.74) is 7.54. The quantitative estimate of drug-likeness (QED) is 0.207. The summed E-state index contributed by atoms with van der Waals surface area (Å²) in [6, 6.07) is 17.5. The second-order valence-corrected chi connectivity index (χ2v) is 10.1. The maximum absolute atomic E-state index is 12.8. The summed E-state index contributed by atoms with van der Waals surface area (Å²) in [5.74, 6) is -4.88. The number of carbonyl (C=O) groups is 3. The van der Waals surface area contributed by atoms with Gasteiger partial charge in [-0.25, -0.2) is 4.79 Å². The van der Waals surface area contributed by atoms with E-state index < -0.39 is 24.3 Å². The topological polar surface area (TPSA) is 139 Å². The molecule has 3 fully saturated rings. The van der Waals surface area contributed by atoms with Gasteiger partial charge in [0.1, 0.15) is 31.4 Å². The first kappa shape index (κ1) is 35.2. The molecule has 9 nitrogen and oxygen atoms in total. The van der Waals surface area contributed by atoms with E-state index in [2.05, 4.69) is 0 Å². The highest BCUT2D eigenvalue weighted by Gasteiger charge is 2.47. The maximum Gasteiger partial charge on any atom is 0.490 e. The number of nitrogen functional groups attached to an aromatic ring is 1. The third-order valence-corrected chi connectivity index (χ3v) is 7.18. The molecule has 3 aliphatic heterocycles. The SMILES string of the molecule is C[C@H](C(=O)O[C@H]1C[N+]2(CCOc3ccccc3)CCC1CC2)c1ccccc1N.O=C(O)C(F)(F)F.O=C([O-])C(F)(F)F. The van der Waals surface area contributed by atoms with Gasteiger partial charge in [-0.3, -0.25) is 4.79 Å². The second-order valence-electron chi connectivity index (χ2n) is 10.1. The molecule has 2 aromatic rings. The number of benzene rings is 2. The first-order valence-corrected chi connectivity index (χ1v) is 13.1. The lowest BCUT2D eigenvalue weighted by Crippen LogP contribution is -2.65. The zero-order chi connectivity index (χ0) is 32.4. The van der Waals surface area contributed by atoms with E-state index in [0.717, 1.165) is 54.8 Å². The predicted octanol–water partition coefficient (Wildman–Crippen LogP) is 3.54. The van der Waals surface area contributed by atoms with Gasteiger partial charge < -0.3 is 34.7 Å². The molecule has 0 unspecified atom stereocenters. The van der Waals surface area contributed by atoms with E-state index in [1.807, 2.05) is 61.5 Å². The van der Waals surface area contributed by atoms with E-state index in [0.29, 0.717) is 18.2 Å². The van der Waals surface area contributed by atoms with Crippen molar-refractivity contribution < 1.29 is 64.9 Å². The lowest BCUT2D eigenvalue weighted by atomic mass is 9.83. The molecule has 0 spiro atoms. The number of para-hydroxylation sites is 2. The molecule has 2 aromatic carbocycles. The van der Waals surface area contributed by atoms with Crippen LogP contribution in [0.3, 0.4) is 0 Å². The Kier molecular flexibility index (Phi) is 12.2. The number of anilines is 1. The number of nitrogens with zero attached hydrogens (tertiary/aromatic N) is 1. The summed E-state index contributed by atoms with van der Waals surface area (Å²) in [5, 5.41) is 15.9. The molecule has 2 atom stereocenters. The fourth-order valence-corrected chi connectivity index (χ4v) is 4.83. The molecule has 238 valence electrons. The number of halogens is 6. The van der Waals surface area contributed by atoms with E-state index >= 15 is 0 Å². The Balaban J connectivity index is 0.000000384. The highest BCUT2D eigenvalue weighted by atomic mass is 19.4. The van der Waals surface area contributed by atoms with E-state index in [-0.39, 0.29) is 18.0 Å². The van der Waals surface area contributed by atoms with Crippen LogP contribution in [0.25, 0.3) is 0 Å². The molecule has 0 aliphatic carbocycles. The second kappa shape index (κ2) is 14.9. The van der Waals surface area contributed by atoms with Gasteiger partial charge in [0, 0.05) is 24.4 Å². The van der Waals surface area contributed by atoms with Crippen molar-refractivity contribution in [2.75, 3.05) is 38.5 Å². The van der Waals surface area contributed by atoms with Crippen LogP contribution in [-0.2, 0) is 19.1 Å². The number of carbonyl (C=O) groups excluding carboxylic acids is 2. The molecular weight excluding hydrogens is 590 g/mol. The molecule has 5 rings (SSSR count). The molecule has 3 saturated heterocycles. The summed E-state index contributed by atoms with van der Waals surface area (Å²) in [6.07, 6.45) is -8.05. The van der Waals surface area contributed by atoms with E-state index in [1.54, 1.807) is 0 Å². The van der Waals surface area contributed by atoms with Gasteiger partial charge in [-0.1, -0.05) is 36.4 Å². The van der Waals surface area contributed by atoms with E-state index in [9.17, 15) is 31.1 Å². The Morgan fingerprint density at radius 2 is 1.49 bits per heavy atom. The highest BCUT2D eigenvalue weighted by Crippen LogP contribution is 2.36. The molecule has 0 radical (unpaired) electrons. The van der Waals surface area contributed by atoms with Crippen LogP contribution < -0.4 is 15.6 Å². The van der Waals surface area contributed by atoms with Crippen LogP contribution in [0.15, 0.2) is 54.6 Å². The number of rotatable bonds is 7. The fraction of sp³-hybridized carbons (Fsp3) is 0.464. The number of carboxylic acids is 2. The van der Waals surface area contributed by atoms with Crippen LogP contribution >= 0.6 is 0 Å². The van der Waals surface area contributed by atoms with Crippen LogP contribution in [0.2, 0.25) is 0 Å². The first-order valence-electron chi connectivity index (χ1n) is 13.1. The molecule has 43 heavy (non-hydrogen) atoms. The Hall–Kier alpha value is -4.01. The molecule has 2 bridgehead atoms. The minimum atomic E-state index is -5.19. The van der Waals surface area contributed by atoms with Crippen molar-refractivity contribution in [3.05, 3.63) is 60.2 Å². The average Bonchev–Trinajstić information content (AvgIpc) is 2.94. The van der Waals surface area contributed by atoms with Gasteiger partial charge >= 0.3 is 24.3 Å². The average molecular weight is 623 g/mol. The number of hydrogen-bond acceptors (Lipinski definition) is 7. The van der Waals surface area contributed by atoms with E-state index in [1.165, 1.54) is 0 Å². The van der Waals surface area contributed by atoms with E-state index in [4.69, 9.17) is 35.0 Å². The number of aliphatic carboxylic acids is 2. The van der Waals surface area contributed by atoms with Crippen LogP contribution in [0.5, 0.6) is 5.75 Å². The van der Waals surface area contributed by atoms with Crippen LogP contribution in [0.1, 0.15) is 31.2 Å². The van der Waals surface area contributed by atoms with Gasteiger partial charge in [-0.2, -0.15) is 26.3 Å². The zero-order valence-electron chi connectivity index (χ0n) is 23.1. The number of quaternary nitrogens is 1. The smallest absolute Gasteiger partial charge is 0.490 e. The Bertz CT molecular complexity index is 1190. The fourth-order valence-electron chi connectivity index (χ4n) is 4.83. The molecule has 3 aliphatic rings. The summed E-state index contributed by atoms with van der Waals surface area (Å²) in [4.78, 5) is 30.5. The van der Waals surface area contributed by atoms with Gasteiger partial charge in [0.15, 0.2) is 6.10 Å². The van der Waals surface area contributed by atoms with Gasteiger partial charge in [0.2, 0.25) is 0 Å². The van der Waals surface area contributed by atoms with Crippen molar-refractivity contribution in [2.45, 2.75) is 44.1 Å². The lowest BCUT2D eigenvalue weighted by molar-refractivity contribution is -0.946. The molecule has 0 saturated carbocycles. The Labute approximate surface area is 243 Å². The minimum Gasteiger partial charge on any atom is -0.542 e. The summed E-state index contributed by atoms with van der Waals surface area (Å²) in [7, 11) is 0. The predicted molar refractivity (Wildman–Crippen MR) is 138 cm³/mol. The summed E-state index contributed by atoms with van der Waals surface area (Å²) < 4.78 is 76.3. The van der Waals surface area contributed by atoms with Crippen molar-refractivity contribution in [2.24, 2.45) is 5.92 Å². The third kappa shape index (κ3) is 11.0. The highest BCUT2D eigenvalue weighted by molar-refractivity contribution is 5.80. The van der Waals surface area contributed by atoms with Gasteiger partial charge in [-0.05, 0) is 30.7 Å². The number of alkyl halides is 6. The van der Waals surface area contributed by atoms with Gasteiger partial charge in [-0.15, -0.1) is 0 Å². The standard InChI is InChI=1S/C24H31N2O3.2C2HF3O2/c1-18(21-9-5-6-10-22(21)25)24(27)29-23-17-26(13-11-19(23)12-14-26)15-16-28-20-7-3-2-4-8-20;2*3-2(4,5)1(6)7/h2-10,18-19,23H,11-17,25H2,1H3;2*(H,6,7)/q+1;;/p-1/t18-,19?,23-,26?;;/m0../s1. The summed E-state index contributed by atoms with van der Waals surface area (Å²) >= 11 is 0. The largest absolute Gasteiger partial charge is 0.542 e. The number of nitrogens with two attached hydrogens (primary N) is 1. The third-order valence-electron chi connectivity index (χ3n) is 7.18. The number of ether oxygens (including phenoxy) is 2. The number of esters is 1. The normalized spacial score (nSPS) is 21.7. The van der Waals surface area contributed by atoms with Crippen molar-refractivity contribution >= 4 is 23.6 Å². The van der Waals surface area contributed by atoms with Crippen molar-refractivity contribution in [3.63, 3.8) is 0 Å². The van der Waals surface area contributed by atoms with Gasteiger partial charge in [0.05, 0.1) is 19.0 Å². The Morgan fingerprint density at radius 3 is 1.98 bits per heavy atom. The lowest BCUT2D eigenvalue weighted by Gasteiger charge is -2.52. The minimum absolute atomic E-state index is 0.00545. The Morgan fingerprint density at radius 1 is 0.977 bits per heavy atom. The zero-order valence-corrected chi connectivity index (χ0v) is 23.1. The first-order chi connectivity index (χ1) is 19.9. The van der Waals surface area contributed by atoms with Crippen LogP contribution in [-0.4, -0.2) is 78.7 Å². The number of piperidine rings is 3. The van der Waals surface area contributed by atoms with Gasteiger partial charge in [0.25, 0.3) is 0 Å². The molecule has 0 amide bonds. The molecule has 15 heteroatoms. The molecule has 3 heterocycles. The van der Waals surface area contributed by atoms with Crippen molar-refractivity contribution in [1.29, 1.82) is 0 Å². The number of carboxylic acid groups (broad SMARTS) is 2. The summed E-state index contributed by atoms with van der Waals surface area (Å²) in [6.45, 7) is 6.72. The monoisotopic (exact) mass is 622 g/mol. The molecule has 3 N–H and O–H groups in total. The van der Waals surface area contributed by atoms with Crippen LogP contribution in [0.4, 0.5) is 32.0 Å². The number of hydrogen-bond donors (Lipinski definition) is 2. The number of fused-ring (bicyclic) bond motifs is 3. The van der Waals surface area contributed by atoms with Crippen LogP contribution in [0, 0.1) is 5.92 Å². The molecule has 0 aromatic heterocycles.